The van der Waals surface area contributed by atoms with Gasteiger partial charge in [0.15, 0.2) is 11.6 Å². The maximum Gasteiger partial charge on any atom is 0.167 e. The van der Waals surface area contributed by atoms with Gasteiger partial charge in [0, 0.05) is 17.9 Å². The summed E-state index contributed by atoms with van der Waals surface area (Å²) in [6, 6.07) is 5.31. The largest absolute Gasteiger partial charge is 0.490 e. The van der Waals surface area contributed by atoms with Crippen LogP contribution < -0.4 is 4.74 Å². The van der Waals surface area contributed by atoms with Crippen LogP contribution >= 0.6 is 0 Å². The third kappa shape index (κ3) is 2.30. The summed E-state index contributed by atoms with van der Waals surface area (Å²) in [4.78, 5) is 0. The number of nitrogens with zero attached hydrogens (tertiary/aromatic N) is 1. The van der Waals surface area contributed by atoms with Gasteiger partial charge in [-0.25, -0.2) is 8.78 Å². The first-order valence-corrected chi connectivity index (χ1v) is 5.10. The van der Waals surface area contributed by atoms with Crippen LogP contribution in [0.5, 0.6) is 5.75 Å². The second-order valence-corrected chi connectivity index (χ2v) is 4.20. The number of rotatable bonds is 4. The molecule has 0 heterocycles. The molecular weight excluding hydrogens is 212 g/mol. The molecule has 0 atom stereocenters. The summed E-state index contributed by atoms with van der Waals surface area (Å²) in [7, 11) is 0. The fourth-order valence-electron chi connectivity index (χ4n) is 1.54. The zero-order valence-electron chi connectivity index (χ0n) is 8.67. The van der Waals surface area contributed by atoms with Gasteiger partial charge in [0.25, 0.3) is 0 Å². The van der Waals surface area contributed by atoms with Crippen LogP contribution in [-0.2, 0) is 0 Å². The van der Waals surface area contributed by atoms with Gasteiger partial charge in [-0.05, 0) is 25.0 Å². The highest BCUT2D eigenvalue weighted by Gasteiger charge is 2.43. The summed E-state index contributed by atoms with van der Waals surface area (Å²) in [5, 5.41) is 8.60. The molecular formula is C12H11F2NO. The van der Waals surface area contributed by atoms with Crippen molar-refractivity contribution < 1.29 is 13.5 Å². The van der Waals surface area contributed by atoms with E-state index < -0.39 is 11.6 Å². The Morgan fingerprint density at radius 3 is 2.69 bits per heavy atom. The van der Waals surface area contributed by atoms with E-state index in [-0.39, 0.29) is 11.2 Å². The molecule has 1 aliphatic carbocycles. The van der Waals surface area contributed by atoms with E-state index in [9.17, 15) is 8.78 Å². The predicted molar refractivity (Wildman–Crippen MR) is 53.8 cm³/mol. The fourth-order valence-corrected chi connectivity index (χ4v) is 1.54. The lowest BCUT2D eigenvalue weighted by molar-refractivity contribution is 0.227. The van der Waals surface area contributed by atoms with E-state index in [0.29, 0.717) is 13.0 Å². The maximum atomic E-state index is 13.2. The van der Waals surface area contributed by atoms with Gasteiger partial charge in [0.1, 0.15) is 5.82 Å². The van der Waals surface area contributed by atoms with E-state index in [1.54, 1.807) is 0 Å². The molecule has 0 amide bonds. The van der Waals surface area contributed by atoms with Crippen molar-refractivity contribution in [3.05, 3.63) is 29.8 Å². The molecule has 2 rings (SSSR count). The molecule has 0 saturated heterocycles. The minimum absolute atomic E-state index is 0.0469. The van der Waals surface area contributed by atoms with Gasteiger partial charge >= 0.3 is 0 Å². The topological polar surface area (TPSA) is 33.0 Å². The Morgan fingerprint density at radius 2 is 2.12 bits per heavy atom. The minimum atomic E-state index is -0.701. The molecule has 1 fully saturated rings. The fraction of sp³-hybridized carbons (Fsp3) is 0.417. The van der Waals surface area contributed by atoms with Crippen LogP contribution in [-0.4, -0.2) is 6.61 Å². The Kier molecular flexibility index (Phi) is 2.78. The van der Waals surface area contributed by atoms with Crippen LogP contribution in [0.4, 0.5) is 8.78 Å². The normalized spacial score (nSPS) is 16.6. The average molecular weight is 223 g/mol. The van der Waals surface area contributed by atoms with E-state index >= 15 is 0 Å². The lowest BCUT2D eigenvalue weighted by atomic mass is 10.1. The maximum absolute atomic E-state index is 13.2. The first-order chi connectivity index (χ1) is 7.65. The Morgan fingerprint density at radius 1 is 1.38 bits per heavy atom. The Labute approximate surface area is 92.5 Å². The Bertz CT molecular complexity index is 435. The van der Waals surface area contributed by atoms with Crippen molar-refractivity contribution >= 4 is 0 Å². The summed E-state index contributed by atoms with van der Waals surface area (Å²) in [6.07, 6.45) is 2.29. The monoisotopic (exact) mass is 223 g/mol. The number of benzene rings is 1. The van der Waals surface area contributed by atoms with E-state index in [1.807, 2.05) is 0 Å². The third-order valence-electron chi connectivity index (χ3n) is 2.84. The van der Waals surface area contributed by atoms with Crippen molar-refractivity contribution in [1.29, 1.82) is 5.26 Å². The SMILES string of the molecule is N#CCC1(COc2ccc(F)cc2F)CC1. The van der Waals surface area contributed by atoms with Crippen LogP contribution in [0.3, 0.4) is 0 Å². The van der Waals surface area contributed by atoms with Gasteiger partial charge < -0.3 is 4.74 Å². The molecule has 0 unspecified atom stereocenters. The Balaban J connectivity index is 1.98. The molecule has 1 aliphatic rings. The van der Waals surface area contributed by atoms with E-state index in [0.717, 1.165) is 25.0 Å². The molecule has 0 bridgehead atoms. The van der Waals surface area contributed by atoms with Crippen molar-refractivity contribution in [2.24, 2.45) is 5.41 Å². The highest BCUT2D eigenvalue weighted by atomic mass is 19.1. The summed E-state index contributed by atoms with van der Waals surface area (Å²) in [6.45, 7) is 0.323. The molecule has 1 aromatic carbocycles. The van der Waals surface area contributed by atoms with Crippen LogP contribution in [0.15, 0.2) is 18.2 Å². The first kappa shape index (κ1) is 10.9. The van der Waals surface area contributed by atoms with Gasteiger partial charge in [-0.3, -0.25) is 0 Å². The van der Waals surface area contributed by atoms with Gasteiger partial charge in [0.05, 0.1) is 12.7 Å². The number of hydrogen-bond donors (Lipinski definition) is 0. The standard InChI is InChI=1S/C12H11F2NO/c13-9-1-2-11(10(14)7-9)16-8-12(3-4-12)5-6-15/h1-2,7H,3-5,8H2. The van der Waals surface area contributed by atoms with Gasteiger partial charge in [-0.2, -0.15) is 5.26 Å². The lowest BCUT2D eigenvalue weighted by Gasteiger charge is -2.13. The summed E-state index contributed by atoms with van der Waals surface area (Å²) in [5.41, 5.74) is -0.102. The van der Waals surface area contributed by atoms with Gasteiger partial charge in [-0.1, -0.05) is 0 Å². The van der Waals surface area contributed by atoms with Gasteiger partial charge in [-0.15, -0.1) is 0 Å². The van der Waals surface area contributed by atoms with E-state index in [1.165, 1.54) is 6.07 Å². The summed E-state index contributed by atoms with van der Waals surface area (Å²) >= 11 is 0. The molecule has 1 saturated carbocycles. The zero-order chi connectivity index (χ0) is 11.6. The highest BCUT2D eigenvalue weighted by molar-refractivity contribution is 5.25. The Hall–Kier alpha value is -1.63. The smallest absolute Gasteiger partial charge is 0.167 e. The number of hydrogen-bond acceptors (Lipinski definition) is 2. The van der Waals surface area contributed by atoms with Crippen molar-refractivity contribution in [2.75, 3.05) is 6.61 Å². The van der Waals surface area contributed by atoms with Crippen molar-refractivity contribution in [3.8, 4) is 11.8 Å². The zero-order valence-corrected chi connectivity index (χ0v) is 8.67. The van der Waals surface area contributed by atoms with Crippen molar-refractivity contribution in [1.82, 2.24) is 0 Å². The van der Waals surface area contributed by atoms with Crippen LogP contribution in [0.1, 0.15) is 19.3 Å². The minimum Gasteiger partial charge on any atom is -0.490 e. The van der Waals surface area contributed by atoms with Crippen LogP contribution in [0, 0.1) is 28.4 Å². The molecule has 0 N–H and O–H groups in total. The third-order valence-corrected chi connectivity index (χ3v) is 2.84. The molecule has 84 valence electrons. The molecule has 16 heavy (non-hydrogen) atoms. The summed E-state index contributed by atoms with van der Waals surface area (Å²) in [5.74, 6) is -1.28. The summed E-state index contributed by atoms with van der Waals surface area (Å²) < 4.78 is 31.1. The van der Waals surface area contributed by atoms with E-state index in [4.69, 9.17) is 10.00 Å². The molecule has 0 aromatic heterocycles. The molecule has 0 aliphatic heterocycles. The molecule has 0 spiro atoms. The quantitative estimate of drug-likeness (QED) is 0.786. The number of ether oxygens (including phenoxy) is 1. The van der Waals surface area contributed by atoms with E-state index in [2.05, 4.69) is 6.07 Å². The highest BCUT2D eigenvalue weighted by Crippen LogP contribution is 2.48. The van der Waals surface area contributed by atoms with Crippen molar-refractivity contribution in [3.63, 3.8) is 0 Å². The first-order valence-electron chi connectivity index (χ1n) is 5.10. The average Bonchev–Trinajstić information content (AvgIpc) is 2.98. The number of nitriles is 1. The molecule has 4 heteroatoms. The van der Waals surface area contributed by atoms with Crippen LogP contribution in [0.25, 0.3) is 0 Å². The van der Waals surface area contributed by atoms with Gasteiger partial charge in [0.2, 0.25) is 0 Å². The second-order valence-electron chi connectivity index (χ2n) is 4.20. The molecule has 2 nitrogen and oxygen atoms in total. The van der Waals surface area contributed by atoms with Crippen molar-refractivity contribution in [2.45, 2.75) is 19.3 Å². The molecule has 1 aromatic rings. The molecule has 0 radical (unpaired) electrons. The van der Waals surface area contributed by atoms with Crippen LogP contribution in [0.2, 0.25) is 0 Å². The lowest BCUT2D eigenvalue weighted by Crippen LogP contribution is -2.13. The number of halogens is 2. The predicted octanol–water partition coefficient (Wildman–Crippen LogP) is 3.04. The second kappa shape index (κ2) is 4.09.